The van der Waals surface area contributed by atoms with E-state index in [0.29, 0.717) is 0 Å². The third-order valence-corrected chi connectivity index (χ3v) is 8.69. The predicted molar refractivity (Wildman–Crippen MR) is 157 cm³/mol. The van der Waals surface area contributed by atoms with Crippen molar-refractivity contribution in [2.75, 3.05) is 0 Å². The molecule has 0 radical (unpaired) electrons. The maximum Gasteiger partial charge on any atom is 0.0551 e. The Morgan fingerprint density at radius 2 is 1.06 bits per heavy atom. The van der Waals surface area contributed by atoms with Crippen molar-refractivity contribution in [2.24, 2.45) is 0 Å². The molecule has 0 aliphatic carbocycles. The van der Waals surface area contributed by atoms with E-state index in [9.17, 15) is 0 Å². The maximum absolute atomic E-state index is 3.74. The number of hydrogen-bond acceptors (Lipinski definition) is 1. The molecule has 0 aliphatic heterocycles. The quantitative estimate of drug-likeness (QED) is 0.256. The second kappa shape index (κ2) is 7.55. The van der Waals surface area contributed by atoms with E-state index < -0.39 is 0 Å². The Morgan fingerprint density at radius 1 is 0.417 bits per heavy atom. The molecule has 1 nitrogen and oxygen atoms in total. The molecule has 2 heteroatoms. The van der Waals surface area contributed by atoms with Crippen LogP contribution < -0.4 is 0 Å². The first-order chi connectivity index (χ1) is 17.9. The molecule has 0 saturated carbocycles. The average Bonchev–Trinajstić information content (AvgIpc) is 3.53. The summed E-state index contributed by atoms with van der Waals surface area (Å²) in [4.78, 5) is 3.74. The third-order valence-electron chi connectivity index (χ3n) is 7.42. The highest BCUT2D eigenvalue weighted by atomic mass is 32.1. The minimum Gasteiger partial charge on any atom is -0.354 e. The van der Waals surface area contributed by atoms with Gasteiger partial charge in [-0.3, -0.25) is 0 Å². The molecule has 0 unspecified atom stereocenters. The molecule has 1 N–H and O–H groups in total. The first kappa shape index (κ1) is 19.9. The van der Waals surface area contributed by atoms with Crippen LogP contribution in [0.15, 0.2) is 121 Å². The summed E-state index contributed by atoms with van der Waals surface area (Å²) in [6, 6.07) is 43.9. The van der Waals surface area contributed by atoms with E-state index in [0.717, 1.165) is 0 Å². The van der Waals surface area contributed by atoms with Crippen LogP contribution in [0.5, 0.6) is 0 Å². The normalized spacial score (nSPS) is 11.9. The molecule has 8 aromatic rings. The Kier molecular flexibility index (Phi) is 4.16. The SMILES string of the molecule is c1ccc(-c2ccc(-c3cccc4c3sc3c5ccccc5c5[nH]c6ccccc6c5c43)cc2)cc1. The number of fused-ring (bicyclic) bond motifs is 10. The van der Waals surface area contributed by atoms with Crippen LogP contribution in [0.2, 0.25) is 0 Å². The standard InChI is InChI=1S/C34H21NS/c1-2-9-21(10-3-1)22-17-19-23(20-18-22)24-14-8-15-28-31-30-27-13-6-7-16-29(27)35-32(30)25-11-4-5-12-26(25)34(31)36-33(24)28/h1-20,35H. The van der Waals surface area contributed by atoms with Crippen LogP contribution in [-0.4, -0.2) is 4.98 Å². The molecule has 0 saturated heterocycles. The average molecular weight is 476 g/mol. The summed E-state index contributed by atoms with van der Waals surface area (Å²) >= 11 is 1.93. The first-order valence-electron chi connectivity index (χ1n) is 12.3. The lowest BCUT2D eigenvalue weighted by atomic mass is 9.97. The molecule has 0 atom stereocenters. The minimum atomic E-state index is 1.19. The lowest BCUT2D eigenvalue weighted by Gasteiger charge is -2.06. The molecule has 6 aromatic carbocycles. The molecule has 0 aliphatic rings. The second-order valence-electron chi connectivity index (χ2n) is 9.40. The summed E-state index contributed by atoms with van der Waals surface area (Å²) in [6.45, 7) is 0. The molecular formula is C34H21NS. The highest BCUT2D eigenvalue weighted by Crippen LogP contribution is 2.48. The molecular weight excluding hydrogens is 454 g/mol. The number of rotatable bonds is 2. The molecule has 2 heterocycles. The van der Waals surface area contributed by atoms with E-state index in [4.69, 9.17) is 0 Å². The topological polar surface area (TPSA) is 15.8 Å². The predicted octanol–water partition coefficient (Wildman–Crippen LogP) is 10.2. The van der Waals surface area contributed by atoms with Crippen LogP contribution in [-0.2, 0) is 0 Å². The number of thiophene rings is 1. The molecule has 8 rings (SSSR count). The Balaban J connectivity index is 1.46. The van der Waals surface area contributed by atoms with Crippen LogP contribution in [0.3, 0.4) is 0 Å². The minimum absolute atomic E-state index is 1.19. The number of aromatic nitrogens is 1. The van der Waals surface area contributed by atoms with Crippen LogP contribution in [0, 0.1) is 0 Å². The zero-order valence-electron chi connectivity index (χ0n) is 19.5. The van der Waals surface area contributed by atoms with Crippen molar-refractivity contribution in [2.45, 2.75) is 0 Å². The Hall–Kier alpha value is -4.40. The highest BCUT2D eigenvalue weighted by molar-refractivity contribution is 7.27. The number of para-hydroxylation sites is 1. The van der Waals surface area contributed by atoms with E-state index in [-0.39, 0.29) is 0 Å². The van der Waals surface area contributed by atoms with Crippen molar-refractivity contribution in [3.05, 3.63) is 121 Å². The fraction of sp³-hybridized carbons (Fsp3) is 0. The van der Waals surface area contributed by atoms with Crippen LogP contribution in [0.4, 0.5) is 0 Å². The van der Waals surface area contributed by atoms with Gasteiger partial charge in [0.2, 0.25) is 0 Å². The van der Waals surface area contributed by atoms with Crippen LogP contribution in [0.1, 0.15) is 0 Å². The Labute approximate surface area is 212 Å². The van der Waals surface area contributed by atoms with E-state index in [1.165, 1.54) is 75.0 Å². The summed E-state index contributed by atoms with van der Waals surface area (Å²) in [6.07, 6.45) is 0. The van der Waals surface area contributed by atoms with Crippen LogP contribution in [0.25, 0.3) is 75.0 Å². The lowest BCUT2D eigenvalue weighted by Crippen LogP contribution is -1.81. The molecule has 2 aromatic heterocycles. The van der Waals surface area contributed by atoms with Crippen molar-refractivity contribution in [3.63, 3.8) is 0 Å². The summed E-state index contributed by atoms with van der Waals surface area (Å²) in [7, 11) is 0. The van der Waals surface area contributed by atoms with Gasteiger partial charge in [0, 0.05) is 47.2 Å². The largest absolute Gasteiger partial charge is 0.354 e. The van der Waals surface area contributed by atoms with Crippen molar-refractivity contribution in [1.82, 2.24) is 4.98 Å². The van der Waals surface area contributed by atoms with E-state index in [2.05, 4.69) is 126 Å². The maximum atomic E-state index is 3.74. The molecule has 0 spiro atoms. The zero-order valence-corrected chi connectivity index (χ0v) is 20.3. The van der Waals surface area contributed by atoms with Gasteiger partial charge in [-0.05, 0) is 28.3 Å². The van der Waals surface area contributed by atoms with Crippen molar-refractivity contribution < 1.29 is 0 Å². The van der Waals surface area contributed by atoms with Crippen molar-refractivity contribution >= 4 is 64.1 Å². The molecule has 0 fully saturated rings. The van der Waals surface area contributed by atoms with Crippen molar-refractivity contribution in [3.8, 4) is 22.3 Å². The van der Waals surface area contributed by atoms with Gasteiger partial charge in [0.1, 0.15) is 0 Å². The number of aromatic amines is 1. The summed E-state index contributed by atoms with van der Waals surface area (Å²) in [5.41, 5.74) is 7.47. The van der Waals surface area contributed by atoms with Crippen LogP contribution >= 0.6 is 11.3 Å². The second-order valence-corrected chi connectivity index (χ2v) is 10.4. The van der Waals surface area contributed by atoms with Gasteiger partial charge in [0.05, 0.1) is 5.52 Å². The lowest BCUT2D eigenvalue weighted by molar-refractivity contribution is 1.57. The first-order valence-corrected chi connectivity index (χ1v) is 13.1. The van der Waals surface area contributed by atoms with Crippen molar-refractivity contribution in [1.29, 1.82) is 0 Å². The van der Waals surface area contributed by atoms with Gasteiger partial charge in [0.15, 0.2) is 0 Å². The number of hydrogen-bond donors (Lipinski definition) is 1. The number of nitrogens with one attached hydrogen (secondary N) is 1. The monoisotopic (exact) mass is 475 g/mol. The summed E-state index contributed by atoms with van der Waals surface area (Å²) in [5, 5.41) is 7.93. The van der Waals surface area contributed by atoms with E-state index in [1.807, 2.05) is 11.3 Å². The van der Waals surface area contributed by atoms with Gasteiger partial charge in [-0.15, -0.1) is 11.3 Å². The highest BCUT2D eigenvalue weighted by Gasteiger charge is 2.19. The van der Waals surface area contributed by atoms with Gasteiger partial charge < -0.3 is 4.98 Å². The molecule has 36 heavy (non-hydrogen) atoms. The third kappa shape index (κ3) is 2.76. The van der Waals surface area contributed by atoms with Gasteiger partial charge >= 0.3 is 0 Å². The zero-order chi connectivity index (χ0) is 23.6. The molecule has 168 valence electrons. The van der Waals surface area contributed by atoms with Gasteiger partial charge in [-0.25, -0.2) is 0 Å². The number of H-pyrrole nitrogens is 1. The fourth-order valence-electron chi connectivity index (χ4n) is 5.76. The number of benzene rings is 6. The molecule has 0 bridgehead atoms. The molecule has 0 amide bonds. The smallest absolute Gasteiger partial charge is 0.0551 e. The summed E-state index contributed by atoms with van der Waals surface area (Å²) in [5.74, 6) is 0. The van der Waals surface area contributed by atoms with Gasteiger partial charge in [-0.1, -0.05) is 115 Å². The Morgan fingerprint density at radius 3 is 1.89 bits per heavy atom. The fourth-order valence-corrected chi connectivity index (χ4v) is 7.14. The van der Waals surface area contributed by atoms with E-state index >= 15 is 0 Å². The Bertz CT molecular complexity index is 2080. The van der Waals surface area contributed by atoms with Gasteiger partial charge in [-0.2, -0.15) is 0 Å². The summed E-state index contributed by atoms with van der Waals surface area (Å²) < 4.78 is 2.72. The van der Waals surface area contributed by atoms with E-state index in [1.54, 1.807) is 0 Å². The van der Waals surface area contributed by atoms with Gasteiger partial charge in [0.25, 0.3) is 0 Å².